The first-order valence-corrected chi connectivity index (χ1v) is 9.25. The Bertz CT molecular complexity index is 1020. The smallest absolute Gasteiger partial charge is 0.266 e. The molecule has 0 aliphatic carbocycles. The number of nitrogens with zero attached hydrogens (tertiary/aromatic N) is 2. The minimum Gasteiger partial charge on any atom is -0.352 e. The Morgan fingerprint density at radius 3 is 2.57 bits per heavy atom. The maximum Gasteiger partial charge on any atom is 0.266 e. The van der Waals surface area contributed by atoms with Gasteiger partial charge in [-0.2, -0.15) is 5.10 Å². The third kappa shape index (κ3) is 5.27. The Labute approximate surface area is 166 Å². The van der Waals surface area contributed by atoms with Crippen molar-refractivity contribution >= 4 is 17.5 Å². The summed E-state index contributed by atoms with van der Waals surface area (Å²) >= 11 is 6.07. The Morgan fingerprint density at radius 1 is 1.07 bits per heavy atom. The van der Waals surface area contributed by atoms with Crippen LogP contribution in [-0.2, 0) is 17.9 Å². The van der Waals surface area contributed by atoms with E-state index in [4.69, 9.17) is 11.6 Å². The number of aromatic nitrogens is 2. The van der Waals surface area contributed by atoms with Crippen molar-refractivity contribution in [3.8, 4) is 11.3 Å². The van der Waals surface area contributed by atoms with Crippen LogP contribution in [0.25, 0.3) is 11.3 Å². The van der Waals surface area contributed by atoms with E-state index in [0.29, 0.717) is 35.8 Å². The third-order valence-electron chi connectivity index (χ3n) is 4.21. The predicted octanol–water partition coefficient (Wildman–Crippen LogP) is 3.80. The SMILES string of the molecule is O=C(CCCn1nc(-c2ccc(F)cc2)ccc1=O)NCc1ccccc1Cl. The summed E-state index contributed by atoms with van der Waals surface area (Å²) in [6.07, 6.45) is 0.730. The van der Waals surface area contributed by atoms with E-state index in [1.807, 2.05) is 18.2 Å². The molecule has 0 saturated carbocycles. The van der Waals surface area contributed by atoms with E-state index in [-0.39, 0.29) is 23.7 Å². The van der Waals surface area contributed by atoms with Gasteiger partial charge in [0.05, 0.1) is 5.69 Å². The Balaban J connectivity index is 1.55. The van der Waals surface area contributed by atoms with Crippen molar-refractivity contribution in [1.29, 1.82) is 0 Å². The minimum absolute atomic E-state index is 0.123. The summed E-state index contributed by atoms with van der Waals surface area (Å²) in [7, 11) is 0. The number of nitrogens with one attached hydrogen (secondary N) is 1. The van der Waals surface area contributed by atoms with Gasteiger partial charge in [-0.05, 0) is 48.4 Å². The number of benzene rings is 2. The zero-order valence-electron chi connectivity index (χ0n) is 15.1. The standard InChI is InChI=1S/C21H19ClFN3O2/c22-18-5-2-1-4-16(18)14-24-20(27)6-3-13-26-21(28)12-11-19(25-26)15-7-9-17(23)10-8-15/h1-2,4-5,7-12H,3,6,13-14H2,(H,24,27). The van der Waals surface area contributed by atoms with Gasteiger partial charge in [-0.15, -0.1) is 0 Å². The first-order chi connectivity index (χ1) is 13.5. The number of amides is 1. The molecule has 1 N–H and O–H groups in total. The second kappa shape index (κ2) is 9.28. The zero-order chi connectivity index (χ0) is 19.9. The van der Waals surface area contributed by atoms with Crippen LogP contribution in [0.4, 0.5) is 4.39 Å². The summed E-state index contributed by atoms with van der Waals surface area (Å²) in [5.74, 6) is -0.456. The second-order valence-corrected chi connectivity index (χ2v) is 6.67. The number of carbonyl (C=O) groups excluding carboxylic acids is 1. The fourth-order valence-corrected chi connectivity index (χ4v) is 2.90. The van der Waals surface area contributed by atoms with Gasteiger partial charge in [0.15, 0.2) is 0 Å². The summed E-state index contributed by atoms with van der Waals surface area (Å²) in [6.45, 7) is 0.671. The molecular weight excluding hydrogens is 381 g/mol. The summed E-state index contributed by atoms with van der Waals surface area (Å²) in [5.41, 5.74) is 1.89. The monoisotopic (exact) mass is 399 g/mol. The molecular formula is C21H19ClFN3O2. The van der Waals surface area contributed by atoms with Crippen LogP contribution in [-0.4, -0.2) is 15.7 Å². The summed E-state index contributed by atoms with van der Waals surface area (Å²) < 4.78 is 14.4. The lowest BCUT2D eigenvalue weighted by atomic mass is 10.1. The Hall–Kier alpha value is -2.99. The topological polar surface area (TPSA) is 64.0 Å². The van der Waals surface area contributed by atoms with Crippen LogP contribution < -0.4 is 10.9 Å². The van der Waals surface area contributed by atoms with E-state index in [9.17, 15) is 14.0 Å². The van der Waals surface area contributed by atoms with E-state index in [0.717, 1.165) is 5.56 Å². The lowest BCUT2D eigenvalue weighted by Gasteiger charge is -2.09. The normalized spacial score (nSPS) is 10.6. The largest absolute Gasteiger partial charge is 0.352 e. The first kappa shape index (κ1) is 19.8. The third-order valence-corrected chi connectivity index (χ3v) is 4.58. The van der Waals surface area contributed by atoms with Gasteiger partial charge in [-0.1, -0.05) is 29.8 Å². The average molecular weight is 400 g/mol. The maximum atomic E-state index is 13.1. The first-order valence-electron chi connectivity index (χ1n) is 8.87. The summed E-state index contributed by atoms with van der Waals surface area (Å²) in [5, 5.41) is 7.73. The number of rotatable bonds is 7. The zero-order valence-corrected chi connectivity index (χ0v) is 15.8. The van der Waals surface area contributed by atoms with Crippen LogP contribution in [0.1, 0.15) is 18.4 Å². The molecule has 7 heteroatoms. The van der Waals surface area contributed by atoms with E-state index in [1.54, 1.807) is 24.3 Å². The van der Waals surface area contributed by atoms with Crippen molar-refractivity contribution < 1.29 is 9.18 Å². The van der Waals surface area contributed by atoms with Crippen molar-refractivity contribution in [3.63, 3.8) is 0 Å². The highest BCUT2D eigenvalue weighted by atomic mass is 35.5. The molecule has 0 aliphatic rings. The summed E-state index contributed by atoms with van der Waals surface area (Å²) in [4.78, 5) is 24.0. The second-order valence-electron chi connectivity index (χ2n) is 6.26. The van der Waals surface area contributed by atoms with Gasteiger partial charge in [-0.3, -0.25) is 9.59 Å². The van der Waals surface area contributed by atoms with Crippen LogP contribution in [0, 0.1) is 5.82 Å². The molecule has 0 fully saturated rings. The molecule has 1 amide bonds. The van der Waals surface area contributed by atoms with Crippen LogP contribution in [0.15, 0.2) is 65.5 Å². The molecule has 3 aromatic rings. The maximum absolute atomic E-state index is 13.1. The number of hydrogen-bond donors (Lipinski definition) is 1. The molecule has 1 heterocycles. The molecule has 1 aromatic heterocycles. The average Bonchev–Trinajstić information content (AvgIpc) is 2.69. The molecule has 5 nitrogen and oxygen atoms in total. The van der Waals surface area contributed by atoms with Crippen molar-refractivity contribution in [2.75, 3.05) is 0 Å². The van der Waals surface area contributed by atoms with Gasteiger partial charge in [0, 0.05) is 36.2 Å². The van der Waals surface area contributed by atoms with Crippen molar-refractivity contribution in [1.82, 2.24) is 15.1 Å². The predicted molar refractivity (Wildman–Crippen MR) is 106 cm³/mol. The molecule has 144 valence electrons. The Kier molecular flexibility index (Phi) is 6.55. The molecule has 2 aromatic carbocycles. The number of aryl methyl sites for hydroxylation is 1. The molecule has 0 bridgehead atoms. The molecule has 3 rings (SSSR count). The molecule has 0 atom stereocenters. The highest BCUT2D eigenvalue weighted by Crippen LogP contribution is 2.16. The van der Waals surface area contributed by atoms with Gasteiger partial charge < -0.3 is 5.32 Å². The van der Waals surface area contributed by atoms with Crippen LogP contribution in [0.2, 0.25) is 5.02 Å². The molecule has 0 radical (unpaired) electrons. The van der Waals surface area contributed by atoms with Crippen molar-refractivity contribution in [2.24, 2.45) is 0 Å². The molecule has 0 spiro atoms. The van der Waals surface area contributed by atoms with Gasteiger partial charge in [0.25, 0.3) is 5.56 Å². The lowest BCUT2D eigenvalue weighted by Crippen LogP contribution is -2.25. The van der Waals surface area contributed by atoms with Gasteiger partial charge >= 0.3 is 0 Å². The summed E-state index contributed by atoms with van der Waals surface area (Å²) in [6, 6.07) is 16.2. The van der Waals surface area contributed by atoms with Crippen LogP contribution in [0.5, 0.6) is 0 Å². The number of carbonyl (C=O) groups is 1. The van der Waals surface area contributed by atoms with Gasteiger partial charge in [0.1, 0.15) is 5.82 Å². The van der Waals surface area contributed by atoms with Gasteiger partial charge in [-0.25, -0.2) is 9.07 Å². The Morgan fingerprint density at radius 2 is 1.82 bits per heavy atom. The van der Waals surface area contributed by atoms with Crippen LogP contribution in [0.3, 0.4) is 0 Å². The molecule has 0 saturated heterocycles. The quantitative estimate of drug-likeness (QED) is 0.657. The number of halogens is 2. The van der Waals surface area contributed by atoms with E-state index < -0.39 is 0 Å². The minimum atomic E-state index is -0.333. The van der Waals surface area contributed by atoms with E-state index in [2.05, 4.69) is 10.4 Å². The highest BCUT2D eigenvalue weighted by molar-refractivity contribution is 6.31. The molecule has 28 heavy (non-hydrogen) atoms. The highest BCUT2D eigenvalue weighted by Gasteiger charge is 2.07. The fourth-order valence-electron chi connectivity index (χ4n) is 2.70. The molecule has 0 unspecified atom stereocenters. The van der Waals surface area contributed by atoms with Gasteiger partial charge in [0.2, 0.25) is 5.91 Å². The van der Waals surface area contributed by atoms with Crippen molar-refractivity contribution in [3.05, 3.63) is 87.4 Å². The number of hydrogen-bond acceptors (Lipinski definition) is 3. The van der Waals surface area contributed by atoms with E-state index >= 15 is 0 Å². The van der Waals surface area contributed by atoms with E-state index in [1.165, 1.54) is 22.9 Å². The lowest BCUT2D eigenvalue weighted by molar-refractivity contribution is -0.121. The fraction of sp³-hybridized carbons (Fsp3) is 0.190. The van der Waals surface area contributed by atoms with Crippen LogP contribution >= 0.6 is 11.6 Å². The van der Waals surface area contributed by atoms with Crippen molar-refractivity contribution in [2.45, 2.75) is 25.9 Å². The molecule has 0 aliphatic heterocycles.